The predicted octanol–water partition coefficient (Wildman–Crippen LogP) is -3.07. The number of nitrogens with one attached hydrogen (secondary N) is 3. The molecule has 0 saturated carbocycles. The summed E-state index contributed by atoms with van der Waals surface area (Å²) < 4.78 is 0. The van der Waals surface area contributed by atoms with Crippen LogP contribution >= 0.6 is 0 Å². The fourth-order valence-corrected chi connectivity index (χ4v) is 2.63. The lowest BCUT2D eigenvalue weighted by Crippen LogP contribution is -2.61. The van der Waals surface area contributed by atoms with Crippen LogP contribution in [-0.2, 0) is 24.0 Å². The van der Waals surface area contributed by atoms with Crippen molar-refractivity contribution in [3.05, 3.63) is 0 Å². The molecule has 0 aromatic rings. The number of carbonyl (C=O) groups excluding carboxylic acids is 4. The molecule has 13 nitrogen and oxygen atoms in total. The van der Waals surface area contributed by atoms with E-state index in [1.165, 1.54) is 6.92 Å². The molecule has 0 spiro atoms. The first-order valence-electron chi connectivity index (χ1n) is 10.3. The smallest absolute Gasteiger partial charge is 0.328 e. The molecule has 0 aromatic carbocycles. The van der Waals surface area contributed by atoms with Crippen molar-refractivity contribution in [3.63, 3.8) is 0 Å². The number of amides is 4. The Kier molecular flexibility index (Phi) is 12.4. The summed E-state index contributed by atoms with van der Waals surface area (Å²) >= 11 is 0. The molecule has 7 unspecified atom stereocenters. The van der Waals surface area contributed by atoms with Gasteiger partial charge in [-0.1, -0.05) is 20.3 Å². The minimum absolute atomic E-state index is 0.195. The molecule has 0 aromatic heterocycles. The van der Waals surface area contributed by atoms with E-state index in [-0.39, 0.29) is 18.8 Å². The predicted molar refractivity (Wildman–Crippen MR) is 113 cm³/mol. The normalized spacial score (nSPS) is 17.6. The van der Waals surface area contributed by atoms with Crippen molar-refractivity contribution < 1.29 is 39.3 Å². The maximum absolute atomic E-state index is 12.8. The summed E-state index contributed by atoms with van der Waals surface area (Å²) in [5, 5.41) is 35.2. The van der Waals surface area contributed by atoms with Gasteiger partial charge in [0.05, 0.1) is 18.2 Å². The third kappa shape index (κ3) is 9.58. The number of aliphatic hydroxyl groups is 2. The molecule has 0 rings (SSSR count). The van der Waals surface area contributed by atoms with Crippen molar-refractivity contribution in [2.24, 2.45) is 17.4 Å². The highest BCUT2D eigenvalue weighted by atomic mass is 16.4. The van der Waals surface area contributed by atoms with Crippen LogP contribution in [0.3, 0.4) is 0 Å². The van der Waals surface area contributed by atoms with Crippen LogP contribution in [0.15, 0.2) is 0 Å². The second-order valence-corrected chi connectivity index (χ2v) is 7.77. The second kappa shape index (κ2) is 13.6. The zero-order chi connectivity index (χ0) is 25.2. The summed E-state index contributed by atoms with van der Waals surface area (Å²) in [6.07, 6.45) is -2.76. The monoisotopic (exact) mass is 461 g/mol. The van der Waals surface area contributed by atoms with Crippen LogP contribution in [0.2, 0.25) is 0 Å². The number of carboxylic acid groups (broad SMARTS) is 1. The number of primary amides is 1. The van der Waals surface area contributed by atoms with Gasteiger partial charge in [-0.15, -0.1) is 0 Å². The van der Waals surface area contributed by atoms with Gasteiger partial charge in [0.15, 0.2) is 6.04 Å². The maximum atomic E-state index is 12.8. The first kappa shape index (κ1) is 29.2. The third-order valence-corrected chi connectivity index (χ3v) is 4.98. The molecular weight excluding hydrogens is 426 g/mol. The second-order valence-electron chi connectivity index (χ2n) is 7.77. The summed E-state index contributed by atoms with van der Waals surface area (Å²) in [6, 6.07) is -5.52. The van der Waals surface area contributed by atoms with Crippen LogP contribution in [0.1, 0.15) is 47.0 Å². The van der Waals surface area contributed by atoms with Crippen molar-refractivity contribution in [3.8, 4) is 0 Å². The van der Waals surface area contributed by atoms with Crippen LogP contribution in [0, 0.1) is 5.92 Å². The van der Waals surface area contributed by atoms with Crippen molar-refractivity contribution in [1.29, 1.82) is 0 Å². The average molecular weight is 462 g/mol. The van der Waals surface area contributed by atoms with Gasteiger partial charge in [0, 0.05) is 6.42 Å². The Labute approximate surface area is 186 Å². The van der Waals surface area contributed by atoms with E-state index in [1.807, 2.05) is 12.2 Å². The van der Waals surface area contributed by atoms with Gasteiger partial charge in [-0.05, 0) is 26.2 Å². The first-order valence-corrected chi connectivity index (χ1v) is 10.3. The third-order valence-electron chi connectivity index (χ3n) is 4.98. The molecule has 0 heterocycles. The molecule has 4 amide bonds. The van der Waals surface area contributed by atoms with Crippen LogP contribution in [0.25, 0.3) is 0 Å². The van der Waals surface area contributed by atoms with E-state index in [0.717, 1.165) is 6.92 Å². The average Bonchev–Trinajstić information content (AvgIpc) is 2.70. The molecule has 0 aliphatic rings. The fraction of sp³-hybridized carbons (Fsp3) is 0.737. The zero-order valence-electron chi connectivity index (χ0n) is 18.7. The minimum atomic E-state index is -1.68. The van der Waals surface area contributed by atoms with E-state index in [1.54, 1.807) is 6.92 Å². The standard InChI is InChI=1S/C19H35N5O8/c1-5-8(2)13(21)17(29)22-11(6-7-12(20)27)16(28)23-14(9(3)25)18(30)24-15(10(4)26)19(31)32/h8-11,13-15,25-26H,5-7,21H2,1-4H3,(H2,20,27)(H,22,29)(H,23,28)(H,24,30)(H,31,32). The molecule has 0 radical (unpaired) electrons. The minimum Gasteiger partial charge on any atom is -0.480 e. The number of carbonyl (C=O) groups is 5. The maximum Gasteiger partial charge on any atom is 0.328 e. The molecule has 7 atom stereocenters. The highest BCUT2D eigenvalue weighted by Gasteiger charge is 2.34. The summed E-state index contributed by atoms with van der Waals surface area (Å²) in [5.41, 5.74) is 11.0. The Morgan fingerprint density at radius 3 is 1.75 bits per heavy atom. The van der Waals surface area contributed by atoms with Crippen molar-refractivity contribution in [2.45, 2.75) is 83.3 Å². The van der Waals surface area contributed by atoms with E-state index in [0.29, 0.717) is 6.42 Å². The Morgan fingerprint density at radius 1 is 0.844 bits per heavy atom. The molecule has 0 fully saturated rings. The van der Waals surface area contributed by atoms with Gasteiger partial charge in [0.1, 0.15) is 12.1 Å². The Morgan fingerprint density at radius 2 is 1.34 bits per heavy atom. The molecule has 0 bridgehead atoms. The lowest BCUT2D eigenvalue weighted by molar-refractivity contribution is -0.146. The molecule has 32 heavy (non-hydrogen) atoms. The van der Waals surface area contributed by atoms with Crippen LogP contribution < -0.4 is 27.4 Å². The van der Waals surface area contributed by atoms with Gasteiger partial charge in [-0.2, -0.15) is 0 Å². The molecule has 0 aliphatic carbocycles. The lowest BCUT2D eigenvalue weighted by atomic mass is 9.98. The molecule has 184 valence electrons. The largest absolute Gasteiger partial charge is 0.480 e. The van der Waals surface area contributed by atoms with Crippen molar-refractivity contribution in [2.75, 3.05) is 0 Å². The topological polar surface area (TPSA) is 234 Å². The van der Waals surface area contributed by atoms with E-state index in [4.69, 9.17) is 16.6 Å². The van der Waals surface area contributed by atoms with Gasteiger partial charge in [0.2, 0.25) is 23.6 Å². The number of rotatable bonds is 14. The number of aliphatic carboxylic acids is 1. The summed E-state index contributed by atoms with van der Waals surface area (Å²) in [5.74, 6) is -5.08. The van der Waals surface area contributed by atoms with Crippen LogP contribution in [0.4, 0.5) is 0 Å². The number of hydrogen-bond donors (Lipinski definition) is 8. The van der Waals surface area contributed by atoms with Crippen molar-refractivity contribution >= 4 is 29.6 Å². The molecule has 13 heteroatoms. The van der Waals surface area contributed by atoms with Gasteiger partial charge in [-0.25, -0.2) is 4.79 Å². The van der Waals surface area contributed by atoms with Gasteiger partial charge >= 0.3 is 5.97 Å². The van der Waals surface area contributed by atoms with Gasteiger partial charge in [0.25, 0.3) is 0 Å². The summed E-state index contributed by atoms with van der Waals surface area (Å²) in [4.78, 5) is 59.9. The van der Waals surface area contributed by atoms with E-state index < -0.39 is 66.0 Å². The fourth-order valence-electron chi connectivity index (χ4n) is 2.63. The molecule has 10 N–H and O–H groups in total. The van der Waals surface area contributed by atoms with Crippen molar-refractivity contribution in [1.82, 2.24) is 16.0 Å². The van der Waals surface area contributed by atoms with E-state index in [9.17, 15) is 34.2 Å². The zero-order valence-corrected chi connectivity index (χ0v) is 18.7. The highest BCUT2D eigenvalue weighted by molar-refractivity contribution is 5.94. The number of nitrogens with two attached hydrogens (primary N) is 2. The lowest BCUT2D eigenvalue weighted by Gasteiger charge is -2.27. The molecule has 0 aliphatic heterocycles. The molecule has 0 saturated heterocycles. The quantitative estimate of drug-likeness (QED) is 0.131. The number of hydrogen-bond acceptors (Lipinski definition) is 8. The number of carboxylic acids is 1. The van der Waals surface area contributed by atoms with Gasteiger partial charge < -0.3 is 42.7 Å². The molecular formula is C19H35N5O8. The summed E-state index contributed by atoms with van der Waals surface area (Å²) in [7, 11) is 0. The highest BCUT2D eigenvalue weighted by Crippen LogP contribution is 2.07. The van der Waals surface area contributed by atoms with E-state index in [2.05, 4.69) is 10.6 Å². The Hall–Kier alpha value is -2.77. The summed E-state index contributed by atoms with van der Waals surface area (Å²) in [6.45, 7) is 5.90. The number of aliphatic hydroxyl groups excluding tert-OH is 2. The van der Waals surface area contributed by atoms with E-state index >= 15 is 0 Å². The van der Waals surface area contributed by atoms with Crippen LogP contribution in [0.5, 0.6) is 0 Å². The van der Waals surface area contributed by atoms with Gasteiger partial charge in [-0.3, -0.25) is 19.2 Å². The SMILES string of the molecule is CCC(C)C(N)C(=O)NC(CCC(N)=O)C(=O)NC(C(=O)NC(C(=O)O)C(C)O)C(C)O. The Bertz CT molecular complexity index is 685. The first-order chi connectivity index (χ1) is 14.7. The van der Waals surface area contributed by atoms with Crippen LogP contribution in [-0.4, -0.2) is 81.3 Å². The Balaban J connectivity index is 5.52.